The Morgan fingerprint density at radius 1 is 1.11 bits per heavy atom. The van der Waals surface area contributed by atoms with E-state index in [9.17, 15) is 4.79 Å². The molecule has 0 radical (unpaired) electrons. The first-order chi connectivity index (χ1) is 13.5. The van der Waals surface area contributed by atoms with Gasteiger partial charge in [-0.05, 0) is 59.3 Å². The van der Waals surface area contributed by atoms with Gasteiger partial charge in [0.1, 0.15) is 0 Å². The van der Waals surface area contributed by atoms with Crippen molar-refractivity contribution in [3.8, 4) is 17.2 Å². The number of nitrogens with zero attached hydrogens (tertiary/aromatic N) is 5. The van der Waals surface area contributed by atoms with Crippen LogP contribution < -0.4 is 5.32 Å². The van der Waals surface area contributed by atoms with E-state index in [4.69, 9.17) is 0 Å². The van der Waals surface area contributed by atoms with Crippen LogP contribution in [0, 0.1) is 6.92 Å². The standard InChI is InChI=1S/C18H12Br2N6OS/c1-10-15(23-25-26(10)14-5-3-2-4-13(14)20)16-21-18(28-24-16)22-17(27)11-6-8-12(19)9-7-11/h2-9H,1H3,(H,21,22,24,27). The number of benzene rings is 2. The summed E-state index contributed by atoms with van der Waals surface area (Å²) in [6.07, 6.45) is 0. The molecule has 2 heterocycles. The third kappa shape index (κ3) is 3.75. The molecular formula is C18H12Br2N6OS. The molecule has 7 nitrogen and oxygen atoms in total. The minimum absolute atomic E-state index is 0.246. The molecule has 0 aliphatic heterocycles. The van der Waals surface area contributed by atoms with E-state index in [0.717, 1.165) is 31.9 Å². The Morgan fingerprint density at radius 2 is 1.86 bits per heavy atom. The Kier molecular flexibility index (Phi) is 5.33. The molecule has 4 aromatic rings. The second kappa shape index (κ2) is 7.90. The number of amides is 1. The van der Waals surface area contributed by atoms with Crippen LogP contribution in [0.1, 0.15) is 16.1 Å². The molecule has 0 fully saturated rings. The van der Waals surface area contributed by atoms with Gasteiger partial charge >= 0.3 is 0 Å². The summed E-state index contributed by atoms with van der Waals surface area (Å²) < 4.78 is 7.86. The number of anilines is 1. The lowest BCUT2D eigenvalue weighted by Crippen LogP contribution is -2.11. The molecule has 1 amide bonds. The van der Waals surface area contributed by atoms with Gasteiger partial charge in [0.15, 0.2) is 11.5 Å². The van der Waals surface area contributed by atoms with Crippen molar-refractivity contribution in [1.82, 2.24) is 24.4 Å². The molecule has 2 aromatic carbocycles. The topological polar surface area (TPSA) is 85.6 Å². The van der Waals surface area contributed by atoms with E-state index in [-0.39, 0.29) is 5.91 Å². The third-order valence-corrected chi connectivity index (χ3v) is 5.77. The fraction of sp³-hybridized carbons (Fsp3) is 0.0556. The van der Waals surface area contributed by atoms with E-state index in [1.54, 1.807) is 16.8 Å². The highest BCUT2D eigenvalue weighted by Crippen LogP contribution is 2.26. The summed E-state index contributed by atoms with van der Waals surface area (Å²) in [6.45, 7) is 1.90. The van der Waals surface area contributed by atoms with Crippen molar-refractivity contribution in [2.75, 3.05) is 5.32 Å². The maximum atomic E-state index is 12.3. The minimum Gasteiger partial charge on any atom is -0.297 e. The van der Waals surface area contributed by atoms with Crippen LogP contribution in [0.25, 0.3) is 17.2 Å². The van der Waals surface area contributed by atoms with Crippen LogP contribution in [-0.2, 0) is 0 Å². The van der Waals surface area contributed by atoms with Gasteiger partial charge in [0.25, 0.3) is 5.91 Å². The molecule has 2 aromatic heterocycles. The lowest BCUT2D eigenvalue weighted by Gasteiger charge is -2.05. The SMILES string of the molecule is Cc1c(-c2nsc(NC(=O)c3ccc(Br)cc3)n2)nnn1-c1ccccc1Br. The van der Waals surface area contributed by atoms with Crippen molar-refractivity contribution in [3.05, 3.63) is 68.7 Å². The minimum atomic E-state index is -0.246. The van der Waals surface area contributed by atoms with Gasteiger partial charge in [-0.2, -0.15) is 9.36 Å². The van der Waals surface area contributed by atoms with Crippen LogP contribution in [0.4, 0.5) is 5.13 Å². The van der Waals surface area contributed by atoms with Crippen LogP contribution in [0.5, 0.6) is 0 Å². The molecule has 1 N–H and O–H groups in total. The molecule has 4 rings (SSSR count). The van der Waals surface area contributed by atoms with Crippen molar-refractivity contribution in [2.45, 2.75) is 6.92 Å². The Bertz CT molecular complexity index is 1160. The number of nitrogens with one attached hydrogen (secondary N) is 1. The zero-order valence-electron chi connectivity index (χ0n) is 14.4. The fourth-order valence-electron chi connectivity index (χ4n) is 2.53. The van der Waals surface area contributed by atoms with Gasteiger partial charge in [0, 0.05) is 26.0 Å². The molecule has 0 spiro atoms. The molecule has 0 unspecified atom stereocenters. The number of carbonyl (C=O) groups excluding carboxylic acids is 1. The summed E-state index contributed by atoms with van der Waals surface area (Å²) in [5, 5.41) is 11.6. The van der Waals surface area contributed by atoms with E-state index in [2.05, 4.69) is 56.8 Å². The first-order valence-corrected chi connectivity index (χ1v) is 10.5. The number of aromatic nitrogens is 5. The van der Waals surface area contributed by atoms with Crippen LogP contribution in [0.3, 0.4) is 0 Å². The molecule has 0 aliphatic rings. The van der Waals surface area contributed by atoms with Crippen molar-refractivity contribution in [1.29, 1.82) is 0 Å². The van der Waals surface area contributed by atoms with E-state index in [1.807, 2.05) is 43.3 Å². The lowest BCUT2D eigenvalue weighted by atomic mass is 10.2. The van der Waals surface area contributed by atoms with Gasteiger partial charge < -0.3 is 0 Å². The second-order valence-electron chi connectivity index (χ2n) is 5.77. The summed E-state index contributed by atoms with van der Waals surface area (Å²) in [6, 6.07) is 14.8. The highest BCUT2D eigenvalue weighted by atomic mass is 79.9. The highest BCUT2D eigenvalue weighted by Gasteiger charge is 2.18. The first kappa shape index (κ1) is 18.9. The monoisotopic (exact) mass is 518 g/mol. The molecule has 0 saturated heterocycles. The number of rotatable bonds is 4. The van der Waals surface area contributed by atoms with Crippen LogP contribution in [0.2, 0.25) is 0 Å². The Labute approximate surface area is 181 Å². The van der Waals surface area contributed by atoms with Gasteiger partial charge in [-0.25, -0.2) is 4.68 Å². The van der Waals surface area contributed by atoms with E-state index in [0.29, 0.717) is 22.2 Å². The summed E-state index contributed by atoms with van der Waals surface area (Å²) >= 11 is 7.97. The van der Waals surface area contributed by atoms with E-state index >= 15 is 0 Å². The molecule has 28 heavy (non-hydrogen) atoms. The maximum Gasteiger partial charge on any atom is 0.257 e. The molecular weight excluding hydrogens is 508 g/mol. The molecule has 0 bridgehead atoms. The Balaban J connectivity index is 1.57. The van der Waals surface area contributed by atoms with Crippen LogP contribution in [0.15, 0.2) is 57.5 Å². The normalized spacial score (nSPS) is 10.8. The van der Waals surface area contributed by atoms with E-state index < -0.39 is 0 Å². The first-order valence-electron chi connectivity index (χ1n) is 8.11. The highest BCUT2D eigenvalue weighted by molar-refractivity contribution is 9.10. The van der Waals surface area contributed by atoms with Gasteiger partial charge in [-0.3, -0.25) is 10.1 Å². The zero-order chi connectivity index (χ0) is 19.7. The number of para-hydroxylation sites is 1. The van der Waals surface area contributed by atoms with Crippen molar-refractivity contribution >= 4 is 54.4 Å². The Morgan fingerprint density at radius 3 is 2.61 bits per heavy atom. The summed E-state index contributed by atoms with van der Waals surface area (Å²) in [5.41, 5.74) is 2.78. The molecule has 0 aliphatic carbocycles. The van der Waals surface area contributed by atoms with Gasteiger partial charge in [0.05, 0.1) is 11.4 Å². The summed E-state index contributed by atoms with van der Waals surface area (Å²) in [7, 11) is 0. The number of carbonyl (C=O) groups is 1. The Hall–Kier alpha value is -2.43. The second-order valence-corrected chi connectivity index (χ2v) is 8.29. The predicted molar refractivity (Wildman–Crippen MR) is 115 cm³/mol. The maximum absolute atomic E-state index is 12.3. The number of halogens is 2. The molecule has 10 heteroatoms. The summed E-state index contributed by atoms with van der Waals surface area (Å²) in [5.74, 6) is 0.177. The van der Waals surface area contributed by atoms with Crippen molar-refractivity contribution < 1.29 is 4.79 Å². The molecule has 0 saturated carbocycles. The van der Waals surface area contributed by atoms with Crippen LogP contribution in [-0.4, -0.2) is 30.3 Å². The number of hydrogen-bond acceptors (Lipinski definition) is 6. The number of hydrogen-bond donors (Lipinski definition) is 1. The largest absolute Gasteiger partial charge is 0.297 e. The van der Waals surface area contributed by atoms with E-state index in [1.165, 1.54) is 0 Å². The van der Waals surface area contributed by atoms with Gasteiger partial charge in [0.2, 0.25) is 5.13 Å². The fourth-order valence-corrected chi connectivity index (χ4v) is 3.81. The summed E-state index contributed by atoms with van der Waals surface area (Å²) in [4.78, 5) is 16.7. The van der Waals surface area contributed by atoms with Gasteiger partial charge in [-0.15, -0.1) is 5.10 Å². The van der Waals surface area contributed by atoms with Crippen molar-refractivity contribution in [3.63, 3.8) is 0 Å². The van der Waals surface area contributed by atoms with Crippen molar-refractivity contribution in [2.24, 2.45) is 0 Å². The smallest absolute Gasteiger partial charge is 0.257 e. The zero-order valence-corrected chi connectivity index (χ0v) is 18.4. The average Bonchev–Trinajstić information content (AvgIpc) is 3.29. The average molecular weight is 520 g/mol. The molecule has 0 atom stereocenters. The molecule has 140 valence electrons. The predicted octanol–water partition coefficient (Wildman–Crippen LogP) is 4.87. The lowest BCUT2D eigenvalue weighted by molar-refractivity contribution is 0.102. The third-order valence-electron chi connectivity index (χ3n) is 3.94. The van der Waals surface area contributed by atoms with Gasteiger partial charge in [-0.1, -0.05) is 33.3 Å². The quantitative estimate of drug-likeness (QED) is 0.415. The van der Waals surface area contributed by atoms with Crippen LogP contribution >= 0.6 is 43.4 Å².